The van der Waals surface area contributed by atoms with E-state index in [1.165, 1.54) is 12.8 Å². The van der Waals surface area contributed by atoms with E-state index in [1.54, 1.807) is 0 Å². The highest BCUT2D eigenvalue weighted by Crippen LogP contribution is 2.29. The first-order valence-electron chi connectivity index (χ1n) is 3.57. The van der Waals surface area contributed by atoms with Crippen molar-refractivity contribution in [2.24, 2.45) is 0 Å². The molecule has 0 amide bonds. The van der Waals surface area contributed by atoms with E-state index in [4.69, 9.17) is 5.11 Å². The zero-order valence-electron chi connectivity index (χ0n) is 6.91. The fourth-order valence-corrected chi connectivity index (χ4v) is 1.25. The zero-order chi connectivity index (χ0) is 7.78. The minimum atomic E-state index is -0.697. The number of hydrogen-bond acceptors (Lipinski definition) is 1. The van der Waals surface area contributed by atoms with Crippen molar-refractivity contribution < 1.29 is 14.4 Å². The van der Waals surface area contributed by atoms with Crippen LogP contribution in [0.3, 0.4) is 0 Å². The molecular formula is C7H15ClNO2+. The number of carbonyl (C=O) groups is 1. The van der Waals surface area contributed by atoms with Crippen LogP contribution in [0.15, 0.2) is 0 Å². The summed E-state index contributed by atoms with van der Waals surface area (Å²) in [5.41, 5.74) is 0. The molecule has 0 aromatic rings. The molecule has 3 nitrogen and oxygen atoms in total. The van der Waals surface area contributed by atoms with Gasteiger partial charge >= 0.3 is 5.97 Å². The number of rotatable bonds is 3. The van der Waals surface area contributed by atoms with Crippen molar-refractivity contribution in [2.75, 3.05) is 20.6 Å². The summed E-state index contributed by atoms with van der Waals surface area (Å²) >= 11 is 0. The van der Waals surface area contributed by atoms with Gasteiger partial charge in [-0.1, -0.05) is 0 Å². The SMILES string of the molecule is C[N+](C)(CC(=O)O)C1CC1.Cl. The van der Waals surface area contributed by atoms with Crippen molar-refractivity contribution in [1.82, 2.24) is 0 Å². The second-order valence-electron chi connectivity index (χ2n) is 3.56. The summed E-state index contributed by atoms with van der Waals surface area (Å²) in [6, 6.07) is 0.607. The van der Waals surface area contributed by atoms with Gasteiger partial charge in [-0.2, -0.15) is 0 Å². The Bertz CT molecular complexity index is 155. The molecule has 0 spiro atoms. The van der Waals surface area contributed by atoms with Crippen LogP contribution in [-0.4, -0.2) is 42.2 Å². The average molecular weight is 181 g/mol. The fourth-order valence-electron chi connectivity index (χ4n) is 1.25. The summed E-state index contributed by atoms with van der Waals surface area (Å²) in [5.74, 6) is -0.697. The first-order chi connectivity index (χ1) is 4.52. The van der Waals surface area contributed by atoms with Crippen LogP contribution in [0.4, 0.5) is 0 Å². The monoisotopic (exact) mass is 180 g/mol. The van der Waals surface area contributed by atoms with Crippen molar-refractivity contribution >= 4 is 18.4 Å². The molecule has 0 heterocycles. The van der Waals surface area contributed by atoms with Gasteiger partial charge in [-0.05, 0) is 0 Å². The Morgan fingerprint density at radius 2 is 2.00 bits per heavy atom. The molecular weight excluding hydrogens is 166 g/mol. The second-order valence-corrected chi connectivity index (χ2v) is 3.56. The predicted octanol–water partition coefficient (Wildman–Crippen LogP) is 0.732. The lowest BCUT2D eigenvalue weighted by Crippen LogP contribution is -2.45. The van der Waals surface area contributed by atoms with Crippen LogP contribution in [0.25, 0.3) is 0 Å². The first-order valence-corrected chi connectivity index (χ1v) is 3.57. The smallest absolute Gasteiger partial charge is 0.359 e. The Balaban J connectivity index is 0.000001000. The van der Waals surface area contributed by atoms with Crippen LogP contribution in [0.5, 0.6) is 0 Å². The first kappa shape index (κ1) is 10.7. The summed E-state index contributed by atoms with van der Waals surface area (Å²) in [5, 5.41) is 8.51. The molecule has 0 atom stereocenters. The molecule has 0 aromatic carbocycles. The van der Waals surface area contributed by atoms with Gasteiger partial charge in [0.15, 0.2) is 6.54 Å². The van der Waals surface area contributed by atoms with Crippen LogP contribution < -0.4 is 0 Å². The molecule has 1 saturated carbocycles. The van der Waals surface area contributed by atoms with Gasteiger partial charge in [0, 0.05) is 12.8 Å². The second kappa shape index (κ2) is 3.41. The Morgan fingerprint density at radius 1 is 1.55 bits per heavy atom. The maximum atomic E-state index is 10.3. The molecule has 0 unspecified atom stereocenters. The molecule has 66 valence electrons. The number of aliphatic carboxylic acids is 1. The minimum absolute atomic E-state index is 0. The number of halogens is 1. The molecule has 0 aliphatic heterocycles. The van der Waals surface area contributed by atoms with E-state index in [1.807, 2.05) is 14.1 Å². The van der Waals surface area contributed by atoms with Crippen LogP contribution in [0.2, 0.25) is 0 Å². The maximum absolute atomic E-state index is 10.3. The molecule has 1 aliphatic carbocycles. The predicted molar refractivity (Wildman–Crippen MR) is 44.9 cm³/mol. The number of hydrogen-bond donors (Lipinski definition) is 1. The van der Waals surface area contributed by atoms with Crippen molar-refractivity contribution in [2.45, 2.75) is 18.9 Å². The lowest BCUT2D eigenvalue weighted by molar-refractivity contribution is -0.893. The Hall–Kier alpha value is -0.280. The van der Waals surface area contributed by atoms with Crippen LogP contribution in [0, 0.1) is 0 Å². The summed E-state index contributed by atoms with van der Waals surface area (Å²) in [4.78, 5) is 10.3. The van der Waals surface area contributed by atoms with E-state index in [0.29, 0.717) is 10.5 Å². The third kappa shape index (κ3) is 3.08. The summed E-state index contributed by atoms with van der Waals surface area (Å²) in [7, 11) is 3.96. The van der Waals surface area contributed by atoms with Crippen molar-refractivity contribution in [3.63, 3.8) is 0 Å². The molecule has 0 radical (unpaired) electrons. The highest BCUT2D eigenvalue weighted by molar-refractivity contribution is 5.85. The lowest BCUT2D eigenvalue weighted by Gasteiger charge is -2.27. The third-order valence-corrected chi connectivity index (χ3v) is 2.08. The molecule has 1 fully saturated rings. The molecule has 1 N–H and O–H groups in total. The molecule has 11 heavy (non-hydrogen) atoms. The lowest BCUT2D eigenvalue weighted by atomic mass is 10.4. The van der Waals surface area contributed by atoms with E-state index in [0.717, 1.165) is 0 Å². The molecule has 0 aromatic heterocycles. The molecule has 0 saturated heterocycles. The Kier molecular flexibility index (Phi) is 3.32. The average Bonchev–Trinajstić information content (AvgIpc) is 2.35. The van der Waals surface area contributed by atoms with E-state index in [9.17, 15) is 4.79 Å². The highest BCUT2D eigenvalue weighted by Gasteiger charge is 2.39. The van der Waals surface area contributed by atoms with Crippen LogP contribution in [0.1, 0.15) is 12.8 Å². The zero-order valence-corrected chi connectivity index (χ0v) is 7.73. The van der Waals surface area contributed by atoms with Gasteiger partial charge in [0.05, 0.1) is 20.1 Å². The van der Waals surface area contributed by atoms with Gasteiger partial charge in [-0.15, -0.1) is 12.4 Å². The van der Waals surface area contributed by atoms with Gasteiger partial charge in [0.25, 0.3) is 0 Å². The fraction of sp³-hybridized carbons (Fsp3) is 0.857. The van der Waals surface area contributed by atoms with E-state index in [-0.39, 0.29) is 19.0 Å². The maximum Gasteiger partial charge on any atom is 0.359 e. The molecule has 0 bridgehead atoms. The normalized spacial score (nSPS) is 17.3. The standard InChI is InChI=1S/C7H13NO2.ClH/c1-8(2,5-7(9)10)6-3-4-6;/h6H,3-5H2,1-2H3;1H/p+1. The van der Waals surface area contributed by atoms with Crippen molar-refractivity contribution in [3.05, 3.63) is 0 Å². The Morgan fingerprint density at radius 3 is 2.27 bits per heavy atom. The number of likely N-dealkylation sites (N-methyl/N-ethyl adjacent to an activating group) is 1. The van der Waals surface area contributed by atoms with Gasteiger partial charge in [-0.3, -0.25) is 0 Å². The largest absolute Gasteiger partial charge is 0.477 e. The number of carboxylic acids is 1. The van der Waals surface area contributed by atoms with E-state index >= 15 is 0 Å². The Labute approximate surface area is 73.0 Å². The number of nitrogens with zero attached hydrogens (tertiary/aromatic N) is 1. The van der Waals surface area contributed by atoms with E-state index < -0.39 is 5.97 Å². The summed E-state index contributed by atoms with van der Waals surface area (Å²) in [6.45, 7) is 0.255. The minimum Gasteiger partial charge on any atom is -0.477 e. The summed E-state index contributed by atoms with van der Waals surface area (Å²) < 4.78 is 0.648. The topological polar surface area (TPSA) is 37.3 Å². The van der Waals surface area contributed by atoms with Crippen molar-refractivity contribution in [3.8, 4) is 0 Å². The molecule has 1 rings (SSSR count). The molecule has 1 aliphatic rings. The van der Waals surface area contributed by atoms with Gasteiger partial charge in [-0.25, -0.2) is 4.79 Å². The third-order valence-electron chi connectivity index (χ3n) is 2.08. The molecule has 4 heteroatoms. The van der Waals surface area contributed by atoms with Gasteiger partial charge < -0.3 is 9.59 Å². The van der Waals surface area contributed by atoms with E-state index in [2.05, 4.69) is 0 Å². The summed E-state index contributed by atoms with van der Waals surface area (Å²) in [6.07, 6.45) is 2.39. The number of quaternary nitrogens is 1. The van der Waals surface area contributed by atoms with Crippen LogP contribution >= 0.6 is 12.4 Å². The van der Waals surface area contributed by atoms with Gasteiger partial charge in [0.2, 0.25) is 0 Å². The highest BCUT2D eigenvalue weighted by atomic mass is 35.5. The van der Waals surface area contributed by atoms with Crippen LogP contribution in [-0.2, 0) is 4.79 Å². The van der Waals surface area contributed by atoms with Gasteiger partial charge in [0.1, 0.15) is 0 Å². The van der Waals surface area contributed by atoms with Crippen molar-refractivity contribution in [1.29, 1.82) is 0 Å². The number of carboxylic acid groups (broad SMARTS) is 1. The quantitative estimate of drug-likeness (QED) is 0.651.